The third kappa shape index (κ3) is 3.05. The summed E-state index contributed by atoms with van der Waals surface area (Å²) in [5.74, 6) is 1.53. The summed E-state index contributed by atoms with van der Waals surface area (Å²) >= 11 is 0. The SMILES string of the molecule is COc1cccc(OC)c1Oc1nc(C)ccc1C(=N)N. The number of methoxy groups -OCH3 is 2. The van der Waals surface area contributed by atoms with Gasteiger partial charge in [-0.15, -0.1) is 0 Å². The number of hydrogen-bond acceptors (Lipinski definition) is 5. The lowest BCUT2D eigenvalue weighted by Gasteiger charge is -2.15. The minimum absolute atomic E-state index is 0.119. The minimum Gasteiger partial charge on any atom is -0.493 e. The van der Waals surface area contributed by atoms with Gasteiger partial charge in [0.1, 0.15) is 5.84 Å². The van der Waals surface area contributed by atoms with Crippen LogP contribution in [0.1, 0.15) is 11.3 Å². The number of nitrogen functional groups attached to an aromatic ring is 1. The predicted molar refractivity (Wildman–Crippen MR) is 79.6 cm³/mol. The molecule has 0 spiro atoms. The largest absolute Gasteiger partial charge is 0.493 e. The fraction of sp³-hybridized carbons (Fsp3) is 0.200. The number of nitrogens with one attached hydrogen (secondary N) is 1. The van der Waals surface area contributed by atoms with Crippen molar-refractivity contribution >= 4 is 5.84 Å². The normalized spacial score (nSPS) is 10.0. The Labute approximate surface area is 123 Å². The highest BCUT2D eigenvalue weighted by molar-refractivity contribution is 5.97. The Morgan fingerprint density at radius 2 is 1.71 bits per heavy atom. The monoisotopic (exact) mass is 287 g/mol. The van der Waals surface area contributed by atoms with Crippen molar-refractivity contribution < 1.29 is 14.2 Å². The number of nitrogens with zero attached hydrogens (tertiary/aromatic N) is 1. The van der Waals surface area contributed by atoms with E-state index in [-0.39, 0.29) is 11.7 Å². The summed E-state index contributed by atoms with van der Waals surface area (Å²) < 4.78 is 16.4. The van der Waals surface area contributed by atoms with Crippen LogP contribution in [0.25, 0.3) is 0 Å². The van der Waals surface area contributed by atoms with Crippen molar-refractivity contribution in [3.05, 3.63) is 41.6 Å². The molecule has 0 unspecified atom stereocenters. The molecular formula is C15H17N3O3. The summed E-state index contributed by atoms with van der Waals surface area (Å²) in [6, 6.07) is 8.76. The molecule has 21 heavy (non-hydrogen) atoms. The topological polar surface area (TPSA) is 90.5 Å². The molecule has 0 radical (unpaired) electrons. The zero-order chi connectivity index (χ0) is 15.4. The van der Waals surface area contributed by atoms with Gasteiger partial charge in [0, 0.05) is 5.69 Å². The summed E-state index contributed by atoms with van der Waals surface area (Å²) in [6.45, 7) is 1.83. The predicted octanol–water partition coefficient (Wildman–Crippen LogP) is 2.48. The first-order chi connectivity index (χ1) is 10.1. The van der Waals surface area contributed by atoms with E-state index in [1.54, 1.807) is 30.3 Å². The summed E-state index contributed by atoms with van der Waals surface area (Å²) in [5, 5.41) is 7.60. The van der Waals surface area contributed by atoms with Crippen LogP contribution in [-0.2, 0) is 0 Å². The molecule has 0 amide bonds. The van der Waals surface area contributed by atoms with Gasteiger partial charge < -0.3 is 19.9 Å². The Balaban J connectivity index is 2.52. The number of nitrogens with two attached hydrogens (primary N) is 1. The van der Waals surface area contributed by atoms with E-state index in [0.717, 1.165) is 5.69 Å². The van der Waals surface area contributed by atoms with Crippen LogP contribution in [0, 0.1) is 12.3 Å². The molecule has 0 aliphatic rings. The third-order valence-corrected chi connectivity index (χ3v) is 2.87. The van der Waals surface area contributed by atoms with Crippen LogP contribution in [-0.4, -0.2) is 25.0 Å². The number of hydrogen-bond donors (Lipinski definition) is 2. The van der Waals surface area contributed by atoms with E-state index in [1.807, 2.05) is 6.92 Å². The third-order valence-electron chi connectivity index (χ3n) is 2.87. The highest BCUT2D eigenvalue weighted by atomic mass is 16.5. The number of pyridine rings is 1. The molecule has 3 N–H and O–H groups in total. The van der Waals surface area contributed by atoms with Crippen molar-refractivity contribution in [3.63, 3.8) is 0 Å². The molecule has 2 rings (SSSR count). The second kappa shape index (κ2) is 6.13. The van der Waals surface area contributed by atoms with Crippen LogP contribution in [0.3, 0.4) is 0 Å². The van der Waals surface area contributed by atoms with Gasteiger partial charge in [-0.1, -0.05) is 6.07 Å². The number of ether oxygens (including phenoxy) is 3. The maximum atomic E-state index is 7.60. The van der Waals surface area contributed by atoms with Gasteiger partial charge in [-0.2, -0.15) is 0 Å². The maximum Gasteiger partial charge on any atom is 0.230 e. The first kappa shape index (κ1) is 14.6. The van der Waals surface area contributed by atoms with Crippen LogP contribution >= 0.6 is 0 Å². The van der Waals surface area contributed by atoms with E-state index in [9.17, 15) is 0 Å². The molecule has 0 atom stereocenters. The van der Waals surface area contributed by atoms with E-state index in [1.165, 1.54) is 14.2 Å². The van der Waals surface area contributed by atoms with Crippen molar-refractivity contribution in [1.82, 2.24) is 4.98 Å². The van der Waals surface area contributed by atoms with Gasteiger partial charge in [-0.3, -0.25) is 5.41 Å². The Hall–Kier alpha value is -2.76. The number of aryl methyl sites for hydroxylation is 1. The number of benzene rings is 1. The highest BCUT2D eigenvalue weighted by Crippen LogP contribution is 2.40. The Bertz CT molecular complexity index is 649. The molecule has 2 aromatic rings. The van der Waals surface area contributed by atoms with Crippen molar-refractivity contribution in [1.29, 1.82) is 5.41 Å². The lowest BCUT2D eigenvalue weighted by molar-refractivity contribution is 0.341. The Morgan fingerprint density at radius 3 is 2.24 bits per heavy atom. The fourth-order valence-corrected chi connectivity index (χ4v) is 1.83. The molecule has 110 valence electrons. The smallest absolute Gasteiger partial charge is 0.230 e. The van der Waals surface area contributed by atoms with Gasteiger partial charge in [0.15, 0.2) is 11.5 Å². The van der Waals surface area contributed by atoms with E-state index in [4.69, 9.17) is 25.4 Å². The molecule has 1 aromatic heterocycles. The molecule has 0 bridgehead atoms. The summed E-state index contributed by atoms with van der Waals surface area (Å²) in [4.78, 5) is 4.29. The summed E-state index contributed by atoms with van der Waals surface area (Å²) in [6.07, 6.45) is 0. The Kier molecular flexibility index (Phi) is 4.27. The molecule has 0 aliphatic heterocycles. The first-order valence-corrected chi connectivity index (χ1v) is 6.27. The molecule has 6 heteroatoms. The molecule has 6 nitrogen and oxygen atoms in total. The number of para-hydroxylation sites is 1. The van der Waals surface area contributed by atoms with Crippen LogP contribution in [0.5, 0.6) is 23.1 Å². The Morgan fingerprint density at radius 1 is 1.10 bits per heavy atom. The fourth-order valence-electron chi connectivity index (χ4n) is 1.83. The number of aromatic nitrogens is 1. The van der Waals surface area contributed by atoms with Crippen LogP contribution < -0.4 is 19.9 Å². The van der Waals surface area contributed by atoms with Crippen LogP contribution in [0.15, 0.2) is 30.3 Å². The van der Waals surface area contributed by atoms with E-state index in [0.29, 0.717) is 22.8 Å². The van der Waals surface area contributed by atoms with Crippen LogP contribution in [0.4, 0.5) is 0 Å². The molecule has 0 fully saturated rings. The average Bonchev–Trinajstić information content (AvgIpc) is 2.47. The number of rotatable bonds is 5. The quantitative estimate of drug-likeness (QED) is 0.651. The highest BCUT2D eigenvalue weighted by Gasteiger charge is 2.16. The average molecular weight is 287 g/mol. The lowest BCUT2D eigenvalue weighted by atomic mass is 10.2. The second-order valence-electron chi connectivity index (χ2n) is 4.31. The standard InChI is InChI=1S/C15H17N3O3/c1-9-7-8-10(14(16)17)15(18-9)21-13-11(19-2)5-4-6-12(13)20-3/h4-8H,1-3H3,(H3,16,17). The molecule has 0 saturated heterocycles. The van der Waals surface area contributed by atoms with Gasteiger partial charge in [-0.25, -0.2) is 4.98 Å². The second-order valence-corrected chi connectivity index (χ2v) is 4.31. The zero-order valence-corrected chi connectivity index (χ0v) is 12.1. The van der Waals surface area contributed by atoms with Gasteiger partial charge in [0.25, 0.3) is 0 Å². The van der Waals surface area contributed by atoms with Crippen LogP contribution in [0.2, 0.25) is 0 Å². The van der Waals surface area contributed by atoms with Gasteiger partial charge in [0.2, 0.25) is 11.6 Å². The number of amidine groups is 1. The van der Waals surface area contributed by atoms with Gasteiger partial charge in [0.05, 0.1) is 19.8 Å². The summed E-state index contributed by atoms with van der Waals surface area (Å²) in [5.41, 5.74) is 6.72. The van der Waals surface area contributed by atoms with Crippen molar-refractivity contribution in [2.45, 2.75) is 6.92 Å². The zero-order valence-electron chi connectivity index (χ0n) is 12.1. The molecule has 0 aliphatic carbocycles. The van der Waals surface area contributed by atoms with Crippen molar-refractivity contribution in [2.24, 2.45) is 5.73 Å². The van der Waals surface area contributed by atoms with Gasteiger partial charge >= 0.3 is 0 Å². The molecule has 0 saturated carbocycles. The molecule has 1 heterocycles. The first-order valence-electron chi connectivity index (χ1n) is 6.27. The van der Waals surface area contributed by atoms with Crippen molar-refractivity contribution in [3.8, 4) is 23.1 Å². The minimum atomic E-state index is -0.119. The molecular weight excluding hydrogens is 270 g/mol. The van der Waals surface area contributed by atoms with E-state index < -0.39 is 0 Å². The summed E-state index contributed by atoms with van der Waals surface area (Å²) in [7, 11) is 3.08. The molecule has 1 aromatic carbocycles. The van der Waals surface area contributed by atoms with E-state index >= 15 is 0 Å². The maximum absolute atomic E-state index is 7.60. The van der Waals surface area contributed by atoms with Gasteiger partial charge in [-0.05, 0) is 31.2 Å². The van der Waals surface area contributed by atoms with Crippen molar-refractivity contribution in [2.75, 3.05) is 14.2 Å². The lowest BCUT2D eigenvalue weighted by Crippen LogP contribution is -2.13. The van der Waals surface area contributed by atoms with E-state index in [2.05, 4.69) is 4.98 Å².